The number of nitrogens with one attached hydrogen (secondary N) is 1. The van der Waals surface area contributed by atoms with E-state index >= 15 is 0 Å². The van der Waals surface area contributed by atoms with Gasteiger partial charge in [0.15, 0.2) is 0 Å². The van der Waals surface area contributed by atoms with Crippen LogP contribution in [0.2, 0.25) is 0 Å². The van der Waals surface area contributed by atoms with Gasteiger partial charge in [0.05, 0.1) is 12.2 Å². The van der Waals surface area contributed by atoms with Crippen LogP contribution in [-0.2, 0) is 13.1 Å². The summed E-state index contributed by atoms with van der Waals surface area (Å²) in [5, 5.41) is 3.29. The molecule has 2 aromatic rings. The molecule has 0 bridgehead atoms. The zero-order chi connectivity index (χ0) is 14.4. The van der Waals surface area contributed by atoms with Crippen molar-refractivity contribution in [3.63, 3.8) is 0 Å². The summed E-state index contributed by atoms with van der Waals surface area (Å²) in [6.45, 7) is 6.57. The summed E-state index contributed by atoms with van der Waals surface area (Å²) < 4.78 is 0. The number of aromatic nitrogens is 3. The van der Waals surface area contributed by atoms with E-state index in [0.29, 0.717) is 6.54 Å². The zero-order valence-corrected chi connectivity index (χ0v) is 12.3. The van der Waals surface area contributed by atoms with Crippen LogP contribution in [0, 0.1) is 6.92 Å². The molecule has 0 fully saturated rings. The molecule has 0 saturated heterocycles. The molecule has 2 rings (SSSR count). The fraction of sp³-hybridized carbons (Fsp3) is 0.400. The second-order valence-corrected chi connectivity index (χ2v) is 4.74. The highest BCUT2D eigenvalue weighted by Crippen LogP contribution is 2.12. The lowest BCUT2D eigenvalue weighted by atomic mass is 10.2. The highest BCUT2D eigenvalue weighted by Gasteiger charge is 2.08. The van der Waals surface area contributed by atoms with Gasteiger partial charge >= 0.3 is 0 Å². The normalized spacial score (nSPS) is 10.6. The molecular formula is C15H21N5. The minimum atomic E-state index is 0.701. The molecule has 20 heavy (non-hydrogen) atoms. The molecule has 0 saturated carbocycles. The maximum Gasteiger partial charge on any atom is 0.225 e. The maximum atomic E-state index is 4.57. The Morgan fingerprint density at radius 3 is 2.75 bits per heavy atom. The predicted octanol–water partition coefficient (Wildman–Crippen LogP) is 1.93. The number of aryl methyl sites for hydroxylation is 1. The Morgan fingerprint density at radius 2 is 2.10 bits per heavy atom. The Balaban J connectivity index is 2.07. The van der Waals surface area contributed by atoms with Gasteiger partial charge in [-0.3, -0.25) is 4.98 Å². The van der Waals surface area contributed by atoms with Crippen molar-refractivity contribution in [1.82, 2.24) is 20.3 Å². The lowest BCUT2D eigenvalue weighted by Gasteiger charge is -2.17. The molecule has 0 aliphatic heterocycles. The first-order valence-electron chi connectivity index (χ1n) is 6.85. The summed E-state index contributed by atoms with van der Waals surface area (Å²) in [5.41, 5.74) is 3.17. The molecule has 5 heteroatoms. The van der Waals surface area contributed by atoms with Crippen molar-refractivity contribution in [2.24, 2.45) is 0 Å². The average molecular weight is 271 g/mol. The fourth-order valence-electron chi connectivity index (χ4n) is 1.90. The van der Waals surface area contributed by atoms with Crippen molar-refractivity contribution >= 4 is 5.95 Å². The Bertz CT molecular complexity index is 541. The highest BCUT2D eigenvalue weighted by molar-refractivity contribution is 5.32. The smallest absolute Gasteiger partial charge is 0.225 e. The molecule has 0 radical (unpaired) electrons. The van der Waals surface area contributed by atoms with E-state index in [9.17, 15) is 0 Å². The molecule has 106 valence electrons. The van der Waals surface area contributed by atoms with Crippen LogP contribution in [-0.4, -0.2) is 28.5 Å². The van der Waals surface area contributed by atoms with E-state index in [1.54, 1.807) is 6.20 Å². The number of anilines is 1. The average Bonchev–Trinajstić information content (AvgIpc) is 2.47. The second kappa shape index (κ2) is 6.96. The Labute approximate surface area is 120 Å². The van der Waals surface area contributed by atoms with E-state index in [1.807, 2.05) is 43.3 Å². The quantitative estimate of drug-likeness (QED) is 0.870. The standard InChI is InChI=1S/C15H21N5/c1-4-16-9-13-10-18-15(19-12(13)2)20(3)11-14-7-5-6-8-17-14/h5-8,10,16H,4,9,11H2,1-3H3. The van der Waals surface area contributed by atoms with Crippen LogP contribution in [0.25, 0.3) is 0 Å². The first-order valence-corrected chi connectivity index (χ1v) is 6.85. The molecule has 2 aromatic heterocycles. The SMILES string of the molecule is CCNCc1cnc(N(C)Cc2ccccn2)nc1C. The largest absolute Gasteiger partial charge is 0.338 e. The minimum absolute atomic E-state index is 0.701. The van der Waals surface area contributed by atoms with E-state index in [0.717, 1.165) is 36.0 Å². The van der Waals surface area contributed by atoms with Gasteiger partial charge in [-0.05, 0) is 25.6 Å². The first kappa shape index (κ1) is 14.4. The number of pyridine rings is 1. The van der Waals surface area contributed by atoms with Gasteiger partial charge in [-0.1, -0.05) is 13.0 Å². The van der Waals surface area contributed by atoms with Gasteiger partial charge in [0.2, 0.25) is 5.95 Å². The Hall–Kier alpha value is -2.01. The van der Waals surface area contributed by atoms with Crippen LogP contribution in [0.4, 0.5) is 5.95 Å². The number of hydrogen-bond acceptors (Lipinski definition) is 5. The summed E-state index contributed by atoms with van der Waals surface area (Å²) >= 11 is 0. The van der Waals surface area contributed by atoms with E-state index in [-0.39, 0.29) is 0 Å². The molecule has 0 aromatic carbocycles. The number of nitrogens with zero attached hydrogens (tertiary/aromatic N) is 4. The van der Waals surface area contributed by atoms with Gasteiger partial charge < -0.3 is 10.2 Å². The number of rotatable bonds is 6. The van der Waals surface area contributed by atoms with E-state index < -0.39 is 0 Å². The van der Waals surface area contributed by atoms with Crippen molar-refractivity contribution in [1.29, 1.82) is 0 Å². The second-order valence-electron chi connectivity index (χ2n) is 4.74. The first-order chi connectivity index (χ1) is 9.70. The lowest BCUT2D eigenvalue weighted by molar-refractivity contribution is 0.713. The van der Waals surface area contributed by atoms with Gasteiger partial charge in [-0.15, -0.1) is 0 Å². The summed E-state index contributed by atoms with van der Waals surface area (Å²) in [6.07, 6.45) is 3.70. The lowest BCUT2D eigenvalue weighted by Crippen LogP contribution is -2.21. The molecule has 0 spiro atoms. The third kappa shape index (κ3) is 3.74. The van der Waals surface area contributed by atoms with Crippen LogP contribution >= 0.6 is 0 Å². The third-order valence-electron chi connectivity index (χ3n) is 3.10. The van der Waals surface area contributed by atoms with Crippen molar-refractivity contribution in [3.05, 3.63) is 47.5 Å². The van der Waals surface area contributed by atoms with Gasteiger partial charge in [-0.2, -0.15) is 0 Å². The van der Waals surface area contributed by atoms with Crippen LogP contribution in [0.15, 0.2) is 30.6 Å². The fourth-order valence-corrected chi connectivity index (χ4v) is 1.90. The van der Waals surface area contributed by atoms with Gasteiger partial charge in [0.1, 0.15) is 0 Å². The molecule has 0 atom stereocenters. The molecule has 0 aliphatic carbocycles. The van der Waals surface area contributed by atoms with E-state index in [4.69, 9.17) is 0 Å². The van der Waals surface area contributed by atoms with Crippen molar-refractivity contribution < 1.29 is 0 Å². The third-order valence-corrected chi connectivity index (χ3v) is 3.10. The van der Waals surface area contributed by atoms with E-state index in [1.165, 1.54) is 0 Å². The van der Waals surface area contributed by atoms with Crippen LogP contribution in [0.3, 0.4) is 0 Å². The summed E-state index contributed by atoms with van der Waals surface area (Å²) in [5.74, 6) is 0.730. The molecule has 0 unspecified atom stereocenters. The summed E-state index contributed by atoms with van der Waals surface area (Å²) in [7, 11) is 1.98. The molecular weight excluding hydrogens is 250 g/mol. The van der Waals surface area contributed by atoms with Gasteiger partial charge in [0.25, 0.3) is 0 Å². The summed E-state index contributed by atoms with van der Waals surface area (Å²) in [6, 6.07) is 5.91. The van der Waals surface area contributed by atoms with Gasteiger partial charge in [-0.25, -0.2) is 9.97 Å². The van der Waals surface area contributed by atoms with Crippen LogP contribution < -0.4 is 10.2 Å². The van der Waals surface area contributed by atoms with E-state index in [2.05, 4.69) is 27.2 Å². The summed E-state index contributed by atoms with van der Waals surface area (Å²) in [4.78, 5) is 15.3. The number of hydrogen-bond donors (Lipinski definition) is 1. The van der Waals surface area contributed by atoms with Gasteiger partial charge in [0, 0.05) is 37.2 Å². The Kier molecular flexibility index (Phi) is 5.01. The van der Waals surface area contributed by atoms with Crippen LogP contribution in [0.5, 0.6) is 0 Å². The van der Waals surface area contributed by atoms with Crippen LogP contribution in [0.1, 0.15) is 23.9 Å². The Morgan fingerprint density at radius 1 is 1.25 bits per heavy atom. The van der Waals surface area contributed by atoms with Crippen molar-refractivity contribution in [2.45, 2.75) is 26.9 Å². The highest BCUT2D eigenvalue weighted by atomic mass is 15.2. The predicted molar refractivity (Wildman–Crippen MR) is 80.5 cm³/mol. The monoisotopic (exact) mass is 271 g/mol. The van der Waals surface area contributed by atoms with Crippen molar-refractivity contribution in [3.8, 4) is 0 Å². The molecule has 0 amide bonds. The molecule has 5 nitrogen and oxygen atoms in total. The molecule has 0 aliphatic rings. The maximum absolute atomic E-state index is 4.57. The molecule has 2 heterocycles. The van der Waals surface area contributed by atoms with Crippen molar-refractivity contribution in [2.75, 3.05) is 18.5 Å². The zero-order valence-electron chi connectivity index (χ0n) is 12.3. The topological polar surface area (TPSA) is 53.9 Å². The minimum Gasteiger partial charge on any atom is -0.338 e. The molecule has 1 N–H and O–H groups in total.